The minimum atomic E-state index is -0.812. The lowest BCUT2D eigenvalue weighted by Gasteiger charge is -2.30. The SMILES string of the molecule is CC(C)(C)[C@H](OCc1cn([C@H]2CC(O)[C@@H](CO)O2)c2ncnc(Cl)c12)c1ccccc1[N+](=O)[O-]. The number of aliphatic hydroxyl groups is 2. The van der Waals surface area contributed by atoms with Crippen LogP contribution in [0.25, 0.3) is 11.0 Å². The van der Waals surface area contributed by atoms with E-state index in [-0.39, 0.29) is 30.5 Å². The highest BCUT2D eigenvalue weighted by Gasteiger charge is 2.36. The van der Waals surface area contributed by atoms with Crippen molar-refractivity contribution in [2.45, 2.75) is 58.3 Å². The maximum Gasteiger partial charge on any atom is 0.275 e. The highest BCUT2D eigenvalue weighted by molar-refractivity contribution is 6.34. The number of para-hydroxylation sites is 1. The molecule has 182 valence electrons. The van der Waals surface area contributed by atoms with Crippen molar-refractivity contribution in [3.8, 4) is 0 Å². The molecule has 4 atom stereocenters. The van der Waals surface area contributed by atoms with Crippen LogP contribution in [0.3, 0.4) is 0 Å². The fraction of sp³-hybridized carbons (Fsp3) is 0.478. The predicted octanol–water partition coefficient (Wildman–Crippen LogP) is 3.94. The van der Waals surface area contributed by atoms with Crippen LogP contribution < -0.4 is 0 Å². The largest absolute Gasteiger partial charge is 0.394 e. The molecule has 1 aromatic carbocycles. The van der Waals surface area contributed by atoms with Gasteiger partial charge in [0.25, 0.3) is 5.69 Å². The molecule has 11 heteroatoms. The van der Waals surface area contributed by atoms with E-state index in [2.05, 4.69) is 9.97 Å². The number of fused-ring (bicyclic) bond motifs is 1. The van der Waals surface area contributed by atoms with Crippen LogP contribution in [0.2, 0.25) is 5.15 Å². The first-order chi connectivity index (χ1) is 16.1. The van der Waals surface area contributed by atoms with Gasteiger partial charge in [0.2, 0.25) is 0 Å². The van der Waals surface area contributed by atoms with E-state index in [1.54, 1.807) is 29.0 Å². The average Bonchev–Trinajstić information content (AvgIpc) is 3.34. The fourth-order valence-corrected chi connectivity index (χ4v) is 4.60. The first-order valence-electron chi connectivity index (χ1n) is 10.9. The van der Waals surface area contributed by atoms with E-state index in [9.17, 15) is 20.3 Å². The molecule has 4 rings (SSSR count). The summed E-state index contributed by atoms with van der Waals surface area (Å²) in [4.78, 5) is 19.7. The van der Waals surface area contributed by atoms with Crippen molar-refractivity contribution in [1.82, 2.24) is 14.5 Å². The zero-order valence-corrected chi connectivity index (χ0v) is 19.8. The molecule has 0 radical (unpaired) electrons. The maximum atomic E-state index is 11.6. The van der Waals surface area contributed by atoms with Crippen LogP contribution in [0.5, 0.6) is 0 Å². The molecule has 3 heterocycles. The van der Waals surface area contributed by atoms with Crippen LogP contribution in [0.4, 0.5) is 5.69 Å². The van der Waals surface area contributed by atoms with Gasteiger partial charge >= 0.3 is 0 Å². The molecule has 1 aliphatic heterocycles. The molecule has 0 amide bonds. The first-order valence-corrected chi connectivity index (χ1v) is 11.3. The third kappa shape index (κ3) is 4.64. The number of hydrogen-bond donors (Lipinski definition) is 2. The second kappa shape index (κ2) is 9.55. The van der Waals surface area contributed by atoms with Crippen LogP contribution in [-0.4, -0.2) is 48.5 Å². The molecule has 1 saturated heterocycles. The lowest BCUT2D eigenvalue weighted by molar-refractivity contribution is -0.386. The summed E-state index contributed by atoms with van der Waals surface area (Å²) in [6.07, 6.45) is 0.754. The molecule has 2 aromatic heterocycles. The van der Waals surface area contributed by atoms with E-state index in [0.29, 0.717) is 22.2 Å². The second-order valence-electron chi connectivity index (χ2n) is 9.41. The number of rotatable bonds is 7. The van der Waals surface area contributed by atoms with Crippen molar-refractivity contribution in [2.75, 3.05) is 6.61 Å². The Kier molecular flexibility index (Phi) is 6.88. The van der Waals surface area contributed by atoms with Crippen molar-refractivity contribution < 1.29 is 24.6 Å². The summed E-state index contributed by atoms with van der Waals surface area (Å²) >= 11 is 6.42. The Labute approximate surface area is 201 Å². The van der Waals surface area contributed by atoms with E-state index < -0.39 is 34.9 Å². The molecule has 0 spiro atoms. The molecule has 1 unspecified atom stereocenters. The minimum Gasteiger partial charge on any atom is -0.394 e. The summed E-state index contributed by atoms with van der Waals surface area (Å²) in [6, 6.07) is 6.55. The van der Waals surface area contributed by atoms with Gasteiger partial charge in [0.05, 0.1) is 41.3 Å². The standard InChI is InChI=1S/C23H27ClN4O6/c1-23(2,3)20(14-6-4-5-7-15(14)28(31)32)33-11-13-9-27(18-8-16(30)17(10-29)34-18)22-19(13)21(24)25-12-26-22/h4-7,9,12,16-18,20,29-30H,8,10-11H2,1-3H3/t16?,17-,18-,20-/m1/s1. The Balaban J connectivity index is 1.70. The molecular formula is C23H27ClN4O6. The van der Waals surface area contributed by atoms with Gasteiger partial charge in [-0.25, -0.2) is 9.97 Å². The molecule has 3 aromatic rings. The Morgan fingerprint density at radius 3 is 2.74 bits per heavy atom. The minimum absolute atomic E-state index is 0.00499. The number of hydrogen-bond acceptors (Lipinski definition) is 8. The molecule has 1 aliphatic rings. The van der Waals surface area contributed by atoms with Crippen molar-refractivity contribution in [3.05, 3.63) is 63.2 Å². The summed E-state index contributed by atoms with van der Waals surface area (Å²) in [6.45, 7) is 5.65. The summed E-state index contributed by atoms with van der Waals surface area (Å²) in [7, 11) is 0. The molecule has 34 heavy (non-hydrogen) atoms. The monoisotopic (exact) mass is 490 g/mol. The van der Waals surface area contributed by atoms with Crippen LogP contribution in [-0.2, 0) is 16.1 Å². The summed E-state index contributed by atoms with van der Waals surface area (Å²) in [5.41, 5.74) is 1.22. The van der Waals surface area contributed by atoms with E-state index in [0.717, 1.165) is 0 Å². The topological polar surface area (TPSA) is 133 Å². The van der Waals surface area contributed by atoms with E-state index in [1.807, 2.05) is 20.8 Å². The highest BCUT2D eigenvalue weighted by atomic mass is 35.5. The van der Waals surface area contributed by atoms with Crippen molar-refractivity contribution >= 4 is 28.3 Å². The lowest BCUT2D eigenvalue weighted by atomic mass is 9.84. The third-order valence-corrected chi connectivity index (χ3v) is 6.23. The Hall–Kier alpha value is -2.63. The molecule has 0 aliphatic carbocycles. The molecule has 10 nitrogen and oxygen atoms in total. The van der Waals surface area contributed by atoms with Crippen LogP contribution >= 0.6 is 11.6 Å². The van der Waals surface area contributed by atoms with Crippen molar-refractivity contribution in [1.29, 1.82) is 0 Å². The quantitative estimate of drug-likeness (QED) is 0.289. The van der Waals surface area contributed by atoms with Gasteiger partial charge in [-0.2, -0.15) is 0 Å². The maximum absolute atomic E-state index is 11.6. The second-order valence-corrected chi connectivity index (χ2v) is 9.77. The number of aromatic nitrogens is 3. The number of nitrogens with zero attached hydrogens (tertiary/aromatic N) is 4. The number of nitro groups is 1. The van der Waals surface area contributed by atoms with Crippen LogP contribution in [0, 0.1) is 15.5 Å². The Bertz CT molecular complexity index is 1190. The smallest absolute Gasteiger partial charge is 0.275 e. The predicted molar refractivity (Wildman–Crippen MR) is 124 cm³/mol. The molecule has 1 fully saturated rings. The number of nitro benzene ring substituents is 1. The highest BCUT2D eigenvalue weighted by Crippen LogP contribution is 2.42. The van der Waals surface area contributed by atoms with Gasteiger partial charge in [0.15, 0.2) is 0 Å². The number of benzene rings is 1. The zero-order chi connectivity index (χ0) is 24.6. The number of halogens is 1. The van der Waals surface area contributed by atoms with Gasteiger partial charge in [-0.05, 0) is 11.5 Å². The summed E-state index contributed by atoms with van der Waals surface area (Å²) < 4.78 is 13.9. The van der Waals surface area contributed by atoms with Gasteiger partial charge < -0.3 is 24.3 Å². The van der Waals surface area contributed by atoms with Crippen LogP contribution in [0.1, 0.15) is 50.7 Å². The Morgan fingerprint density at radius 1 is 1.35 bits per heavy atom. The van der Waals surface area contributed by atoms with Crippen molar-refractivity contribution in [2.24, 2.45) is 5.41 Å². The van der Waals surface area contributed by atoms with Gasteiger partial charge in [-0.15, -0.1) is 0 Å². The fourth-order valence-electron chi connectivity index (χ4n) is 4.36. The van der Waals surface area contributed by atoms with E-state index in [1.165, 1.54) is 12.4 Å². The number of aliphatic hydroxyl groups excluding tert-OH is 2. The Morgan fingerprint density at radius 2 is 2.09 bits per heavy atom. The summed E-state index contributed by atoms with van der Waals surface area (Å²) in [5.74, 6) is 0. The summed E-state index contributed by atoms with van der Waals surface area (Å²) in [5, 5.41) is 32.1. The van der Waals surface area contributed by atoms with E-state index >= 15 is 0 Å². The average molecular weight is 491 g/mol. The van der Waals surface area contributed by atoms with Crippen molar-refractivity contribution in [3.63, 3.8) is 0 Å². The molecular weight excluding hydrogens is 464 g/mol. The molecule has 2 N–H and O–H groups in total. The lowest BCUT2D eigenvalue weighted by Crippen LogP contribution is -2.24. The molecule has 0 saturated carbocycles. The first kappa shape index (κ1) is 24.5. The third-order valence-electron chi connectivity index (χ3n) is 5.94. The van der Waals surface area contributed by atoms with E-state index in [4.69, 9.17) is 21.1 Å². The molecule has 0 bridgehead atoms. The van der Waals surface area contributed by atoms with Gasteiger partial charge in [-0.3, -0.25) is 10.1 Å². The van der Waals surface area contributed by atoms with Gasteiger partial charge in [0.1, 0.15) is 29.5 Å². The van der Waals surface area contributed by atoms with Crippen LogP contribution in [0.15, 0.2) is 36.8 Å². The zero-order valence-electron chi connectivity index (χ0n) is 19.1. The number of ether oxygens (including phenoxy) is 2. The van der Waals surface area contributed by atoms with Gasteiger partial charge in [-0.1, -0.05) is 44.5 Å². The van der Waals surface area contributed by atoms with Gasteiger partial charge in [0, 0.05) is 24.2 Å². The normalized spacial score (nSPS) is 21.8.